The molecule has 1 N–H and O–H groups in total. The van der Waals surface area contributed by atoms with Gasteiger partial charge in [-0.2, -0.15) is 0 Å². The highest BCUT2D eigenvalue weighted by molar-refractivity contribution is 6.39. The van der Waals surface area contributed by atoms with Crippen molar-refractivity contribution in [1.82, 2.24) is 0 Å². The molecule has 9 heteroatoms. The summed E-state index contributed by atoms with van der Waals surface area (Å²) in [6, 6.07) is 10.1. The molecule has 2 aromatic carbocycles. The number of nitrogens with zero attached hydrogens (tertiary/aromatic N) is 1. The lowest BCUT2D eigenvalue weighted by atomic mass is 10.2. The Hall–Kier alpha value is -2.64. The summed E-state index contributed by atoms with van der Waals surface area (Å²) in [7, 11) is 0. The van der Waals surface area contributed by atoms with E-state index >= 15 is 0 Å². The van der Waals surface area contributed by atoms with Crippen LogP contribution in [-0.2, 0) is 9.53 Å². The van der Waals surface area contributed by atoms with Gasteiger partial charge in [0.2, 0.25) is 0 Å². The van der Waals surface area contributed by atoms with Gasteiger partial charge in [0, 0.05) is 6.07 Å². The predicted molar refractivity (Wildman–Crippen MR) is 93.1 cm³/mol. The van der Waals surface area contributed by atoms with Gasteiger partial charge in [0.1, 0.15) is 5.69 Å². The molecule has 0 aromatic heterocycles. The van der Waals surface area contributed by atoms with E-state index in [0.29, 0.717) is 0 Å². The third-order valence-corrected chi connectivity index (χ3v) is 3.81. The Bertz CT molecular complexity index is 821. The molecule has 2 aromatic rings. The van der Waals surface area contributed by atoms with Gasteiger partial charge in [0.05, 0.1) is 20.5 Å². The van der Waals surface area contributed by atoms with Crippen molar-refractivity contribution in [3.05, 3.63) is 68.2 Å². The fourth-order valence-corrected chi connectivity index (χ4v) is 2.49. The maximum absolute atomic E-state index is 12.1. The highest BCUT2D eigenvalue weighted by Crippen LogP contribution is 2.26. The molecule has 1 atom stereocenters. The second kappa shape index (κ2) is 7.96. The van der Waals surface area contributed by atoms with Crippen molar-refractivity contribution in [2.24, 2.45) is 0 Å². The van der Waals surface area contributed by atoms with Gasteiger partial charge >= 0.3 is 5.97 Å². The Morgan fingerprint density at radius 2 is 1.72 bits per heavy atom. The van der Waals surface area contributed by atoms with E-state index in [0.717, 1.165) is 0 Å². The zero-order valence-electron chi connectivity index (χ0n) is 12.9. The molecule has 0 aliphatic rings. The van der Waals surface area contributed by atoms with Crippen LogP contribution >= 0.6 is 23.2 Å². The lowest BCUT2D eigenvalue weighted by Crippen LogP contribution is -2.30. The zero-order chi connectivity index (χ0) is 18.6. The SMILES string of the molecule is C[C@H](OC(=O)c1c(Cl)cccc1Cl)C(=O)Nc1ccccc1[N+](=O)[O-]. The number of esters is 1. The Kier molecular flexibility index (Phi) is 5.95. The fourth-order valence-electron chi connectivity index (χ4n) is 1.94. The summed E-state index contributed by atoms with van der Waals surface area (Å²) in [5.41, 5.74) is -0.337. The molecule has 0 saturated heterocycles. The summed E-state index contributed by atoms with van der Waals surface area (Å²) in [6.45, 7) is 1.33. The summed E-state index contributed by atoms with van der Waals surface area (Å²) in [5, 5.41) is 13.5. The van der Waals surface area contributed by atoms with Gasteiger partial charge in [-0.1, -0.05) is 41.4 Å². The number of ether oxygens (including phenoxy) is 1. The van der Waals surface area contributed by atoms with Crippen molar-refractivity contribution in [3.8, 4) is 0 Å². The van der Waals surface area contributed by atoms with Crippen LogP contribution in [0.3, 0.4) is 0 Å². The number of nitro benzene ring substituents is 1. The summed E-state index contributed by atoms with van der Waals surface area (Å²) >= 11 is 11.8. The Morgan fingerprint density at radius 1 is 1.12 bits per heavy atom. The van der Waals surface area contributed by atoms with Crippen LogP contribution in [0.2, 0.25) is 10.0 Å². The number of hydrogen-bond donors (Lipinski definition) is 1. The largest absolute Gasteiger partial charge is 0.449 e. The summed E-state index contributed by atoms with van der Waals surface area (Å²) in [6.07, 6.45) is -1.22. The van der Waals surface area contributed by atoms with E-state index < -0.39 is 22.9 Å². The van der Waals surface area contributed by atoms with Crippen molar-refractivity contribution in [1.29, 1.82) is 0 Å². The van der Waals surface area contributed by atoms with Crippen molar-refractivity contribution in [3.63, 3.8) is 0 Å². The molecular formula is C16H12Cl2N2O5. The number of nitrogens with one attached hydrogen (secondary N) is 1. The maximum Gasteiger partial charge on any atom is 0.341 e. The minimum Gasteiger partial charge on any atom is -0.449 e. The van der Waals surface area contributed by atoms with E-state index in [1.54, 1.807) is 6.07 Å². The molecule has 0 radical (unpaired) electrons. The van der Waals surface area contributed by atoms with Gasteiger partial charge in [-0.25, -0.2) is 4.79 Å². The van der Waals surface area contributed by atoms with Gasteiger partial charge in [-0.15, -0.1) is 0 Å². The molecule has 0 bridgehead atoms. The van der Waals surface area contributed by atoms with Gasteiger partial charge in [0.25, 0.3) is 11.6 Å². The first kappa shape index (κ1) is 18.7. The average Bonchev–Trinajstić information content (AvgIpc) is 2.54. The molecular weight excluding hydrogens is 371 g/mol. The highest BCUT2D eigenvalue weighted by Gasteiger charge is 2.24. The van der Waals surface area contributed by atoms with Crippen LogP contribution in [0.1, 0.15) is 17.3 Å². The standard InChI is InChI=1S/C16H12Cl2N2O5/c1-9(25-16(22)14-10(17)5-4-6-11(14)18)15(21)19-12-7-2-3-8-13(12)20(23)24/h2-9H,1H3,(H,19,21)/t9-/m0/s1. The van der Waals surface area contributed by atoms with Gasteiger partial charge in [0.15, 0.2) is 6.10 Å². The first-order chi connectivity index (χ1) is 11.8. The number of hydrogen-bond acceptors (Lipinski definition) is 5. The van der Waals surface area contributed by atoms with E-state index in [2.05, 4.69) is 5.32 Å². The van der Waals surface area contributed by atoms with E-state index in [1.165, 1.54) is 43.3 Å². The van der Waals surface area contributed by atoms with E-state index in [4.69, 9.17) is 27.9 Å². The molecule has 0 aliphatic heterocycles. The van der Waals surface area contributed by atoms with Gasteiger partial charge < -0.3 is 10.1 Å². The molecule has 0 spiro atoms. The van der Waals surface area contributed by atoms with Gasteiger partial charge in [-0.05, 0) is 25.1 Å². The highest BCUT2D eigenvalue weighted by atomic mass is 35.5. The van der Waals surface area contributed by atoms with Crippen LogP contribution in [0.4, 0.5) is 11.4 Å². The predicted octanol–water partition coefficient (Wildman–Crippen LogP) is 4.09. The third-order valence-electron chi connectivity index (χ3n) is 3.18. The van der Waals surface area contributed by atoms with Crippen LogP contribution < -0.4 is 5.32 Å². The molecule has 7 nitrogen and oxygen atoms in total. The second-order valence-electron chi connectivity index (χ2n) is 4.91. The summed E-state index contributed by atoms with van der Waals surface area (Å²) < 4.78 is 5.04. The lowest BCUT2D eigenvalue weighted by molar-refractivity contribution is -0.383. The van der Waals surface area contributed by atoms with Crippen molar-refractivity contribution in [2.45, 2.75) is 13.0 Å². The Balaban J connectivity index is 2.11. The van der Waals surface area contributed by atoms with Gasteiger partial charge in [-0.3, -0.25) is 14.9 Å². The van der Waals surface area contributed by atoms with Crippen molar-refractivity contribution < 1.29 is 19.2 Å². The fraction of sp³-hybridized carbons (Fsp3) is 0.125. The van der Waals surface area contributed by atoms with Crippen molar-refractivity contribution >= 4 is 46.5 Å². The lowest BCUT2D eigenvalue weighted by Gasteiger charge is -2.14. The first-order valence-corrected chi connectivity index (χ1v) is 7.76. The first-order valence-electron chi connectivity index (χ1n) is 7.00. The number of halogens is 2. The molecule has 0 fully saturated rings. The van der Waals surface area contributed by atoms with Crippen LogP contribution in [0.25, 0.3) is 0 Å². The van der Waals surface area contributed by atoms with Crippen LogP contribution in [0, 0.1) is 10.1 Å². The molecule has 0 aliphatic carbocycles. The number of carbonyl (C=O) groups excluding carboxylic acids is 2. The number of rotatable bonds is 5. The zero-order valence-corrected chi connectivity index (χ0v) is 14.4. The molecule has 1 amide bonds. The number of para-hydroxylation sites is 2. The number of carbonyl (C=O) groups is 2. The topological polar surface area (TPSA) is 98.5 Å². The molecule has 0 saturated carbocycles. The van der Waals surface area contributed by atoms with E-state index in [9.17, 15) is 19.7 Å². The van der Waals surface area contributed by atoms with Crippen LogP contribution in [0.15, 0.2) is 42.5 Å². The second-order valence-corrected chi connectivity index (χ2v) is 5.72. The monoisotopic (exact) mass is 382 g/mol. The third kappa shape index (κ3) is 4.46. The van der Waals surface area contributed by atoms with E-state index in [-0.39, 0.29) is 27.0 Å². The normalized spacial score (nSPS) is 11.5. The molecule has 130 valence electrons. The summed E-state index contributed by atoms with van der Waals surface area (Å²) in [5.74, 6) is -1.60. The smallest absolute Gasteiger partial charge is 0.341 e. The minimum absolute atomic E-state index is 0.00354. The maximum atomic E-state index is 12.1. The number of benzene rings is 2. The molecule has 0 heterocycles. The Labute approximate surface area is 152 Å². The number of amides is 1. The van der Waals surface area contributed by atoms with Crippen molar-refractivity contribution in [2.75, 3.05) is 5.32 Å². The van der Waals surface area contributed by atoms with Crippen LogP contribution in [-0.4, -0.2) is 22.9 Å². The number of anilines is 1. The Morgan fingerprint density at radius 3 is 2.32 bits per heavy atom. The molecule has 25 heavy (non-hydrogen) atoms. The molecule has 2 rings (SSSR count). The molecule has 0 unspecified atom stereocenters. The van der Waals surface area contributed by atoms with E-state index in [1.807, 2.05) is 0 Å². The average molecular weight is 383 g/mol. The number of nitro groups is 1. The summed E-state index contributed by atoms with van der Waals surface area (Å²) in [4.78, 5) is 34.6. The quantitative estimate of drug-likeness (QED) is 0.477. The minimum atomic E-state index is -1.22. The van der Waals surface area contributed by atoms with Crippen LogP contribution in [0.5, 0.6) is 0 Å².